The largest absolute Gasteiger partial charge is 0.340 e. The van der Waals surface area contributed by atoms with Gasteiger partial charge in [-0.1, -0.05) is 12.1 Å². The second kappa shape index (κ2) is 4.82. The molecule has 2 heterocycles. The normalized spacial score (nSPS) is 29.7. The number of piperazine rings is 1. The van der Waals surface area contributed by atoms with Crippen LogP contribution in [0.15, 0.2) is 6.20 Å². The Morgan fingerprint density at radius 1 is 1.43 bits per heavy atom. The molecule has 2 amide bonds. The van der Waals surface area contributed by atoms with Crippen LogP contribution in [0.5, 0.6) is 0 Å². The third kappa shape index (κ3) is 2.41. The van der Waals surface area contributed by atoms with Crippen molar-refractivity contribution < 1.29 is 9.59 Å². The minimum absolute atomic E-state index is 0.0212. The van der Waals surface area contributed by atoms with E-state index < -0.39 is 5.54 Å². The van der Waals surface area contributed by atoms with Gasteiger partial charge in [-0.2, -0.15) is 0 Å². The summed E-state index contributed by atoms with van der Waals surface area (Å²) in [4.78, 5) is 27.0. The van der Waals surface area contributed by atoms with Crippen LogP contribution in [-0.4, -0.2) is 43.3 Å². The molecule has 2 fully saturated rings. The van der Waals surface area contributed by atoms with Crippen molar-refractivity contribution in [3.63, 3.8) is 0 Å². The highest BCUT2D eigenvalue weighted by molar-refractivity contribution is 5.99. The Hall–Kier alpha value is -1.92. The number of hydrogen-bond acceptors (Lipinski definition) is 4. The lowest BCUT2D eigenvalue weighted by molar-refractivity contribution is -0.156. The van der Waals surface area contributed by atoms with E-state index in [1.165, 1.54) is 0 Å². The van der Waals surface area contributed by atoms with Crippen LogP contribution in [0.3, 0.4) is 0 Å². The van der Waals surface area contributed by atoms with Gasteiger partial charge in [0.05, 0.1) is 6.54 Å². The van der Waals surface area contributed by atoms with E-state index in [4.69, 9.17) is 0 Å². The quantitative estimate of drug-likeness (QED) is 0.860. The summed E-state index contributed by atoms with van der Waals surface area (Å²) in [5.74, 6) is 0.226. The summed E-state index contributed by atoms with van der Waals surface area (Å²) < 4.78 is 1.61. The number of hydrogen-bond donors (Lipinski definition) is 1. The predicted octanol–water partition coefficient (Wildman–Crippen LogP) is 0.221. The number of carbonyl (C=O) groups is 2. The van der Waals surface area contributed by atoms with E-state index in [2.05, 4.69) is 15.6 Å². The van der Waals surface area contributed by atoms with Gasteiger partial charge in [-0.25, -0.2) is 0 Å². The number of aromatic nitrogens is 3. The van der Waals surface area contributed by atoms with E-state index in [1.807, 2.05) is 6.92 Å². The summed E-state index contributed by atoms with van der Waals surface area (Å²) in [6.45, 7) is 4.05. The van der Waals surface area contributed by atoms with Crippen LogP contribution in [0.4, 0.5) is 0 Å². The van der Waals surface area contributed by atoms with Crippen molar-refractivity contribution in [2.45, 2.75) is 51.2 Å². The molecule has 114 valence electrons. The van der Waals surface area contributed by atoms with Gasteiger partial charge in [0.15, 0.2) is 0 Å². The smallest absolute Gasteiger partial charge is 0.249 e. The first kappa shape index (κ1) is 14.0. The van der Waals surface area contributed by atoms with Crippen molar-refractivity contribution in [3.8, 4) is 0 Å². The van der Waals surface area contributed by atoms with Gasteiger partial charge in [0.2, 0.25) is 11.8 Å². The monoisotopic (exact) mass is 291 g/mol. The molecule has 3 rings (SSSR count). The average molecular weight is 291 g/mol. The van der Waals surface area contributed by atoms with E-state index >= 15 is 0 Å². The summed E-state index contributed by atoms with van der Waals surface area (Å²) in [7, 11) is 1.79. The number of amides is 2. The number of nitrogens with zero attached hydrogens (tertiary/aromatic N) is 4. The number of nitrogens with one attached hydrogen (secondary N) is 1. The fourth-order valence-corrected chi connectivity index (χ4v) is 2.92. The molecule has 0 aromatic carbocycles. The standard InChI is InChI=1S/C14H21N5O2/c1-4-14(2)13(21)19(8-10-7-18(3)17-16-10)11(9-5-6-9)12(20)15-14/h7,9,11H,4-6,8H2,1-3H3,(H,15,20). The summed E-state index contributed by atoms with van der Waals surface area (Å²) in [5, 5.41) is 10.9. The van der Waals surface area contributed by atoms with E-state index in [1.54, 1.807) is 29.7 Å². The van der Waals surface area contributed by atoms with Crippen molar-refractivity contribution in [1.82, 2.24) is 25.2 Å². The molecule has 0 bridgehead atoms. The maximum Gasteiger partial charge on any atom is 0.249 e. The molecule has 0 spiro atoms. The van der Waals surface area contributed by atoms with Gasteiger partial charge >= 0.3 is 0 Å². The summed E-state index contributed by atoms with van der Waals surface area (Å²) in [5.41, 5.74) is -0.102. The molecular weight excluding hydrogens is 270 g/mol. The molecule has 1 aromatic rings. The zero-order valence-electron chi connectivity index (χ0n) is 12.7. The first-order valence-electron chi connectivity index (χ1n) is 7.43. The van der Waals surface area contributed by atoms with Crippen LogP contribution in [0, 0.1) is 5.92 Å². The fourth-order valence-electron chi connectivity index (χ4n) is 2.92. The molecule has 1 saturated carbocycles. The van der Waals surface area contributed by atoms with Crippen LogP contribution in [0.25, 0.3) is 0 Å². The van der Waals surface area contributed by atoms with E-state index in [0.29, 0.717) is 18.7 Å². The molecule has 1 N–H and O–H groups in total. The Morgan fingerprint density at radius 3 is 2.67 bits per heavy atom. The van der Waals surface area contributed by atoms with E-state index in [0.717, 1.165) is 12.8 Å². The third-order valence-corrected chi connectivity index (χ3v) is 4.49. The topological polar surface area (TPSA) is 80.1 Å². The van der Waals surface area contributed by atoms with Gasteiger partial charge < -0.3 is 10.2 Å². The molecule has 2 unspecified atom stereocenters. The van der Waals surface area contributed by atoms with Crippen LogP contribution in [-0.2, 0) is 23.2 Å². The van der Waals surface area contributed by atoms with Crippen molar-refractivity contribution in [3.05, 3.63) is 11.9 Å². The van der Waals surface area contributed by atoms with Crippen molar-refractivity contribution in [1.29, 1.82) is 0 Å². The van der Waals surface area contributed by atoms with E-state index in [-0.39, 0.29) is 23.8 Å². The predicted molar refractivity (Wildman–Crippen MR) is 74.9 cm³/mol. The first-order valence-corrected chi connectivity index (χ1v) is 7.43. The van der Waals surface area contributed by atoms with E-state index in [9.17, 15) is 9.59 Å². The number of aryl methyl sites for hydroxylation is 1. The first-order chi connectivity index (χ1) is 9.94. The Morgan fingerprint density at radius 2 is 2.14 bits per heavy atom. The average Bonchev–Trinajstić information content (AvgIpc) is 3.18. The Labute approximate surface area is 123 Å². The lowest BCUT2D eigenvalue weighted by Crippen LogP contribution is -2.69. The number of carbonyl (C=O) groups excluding carboxylic acids is 2. The minimum Gasteiger partial charge on any atom is -0.340 e. The molecule has 7 heteroatoms. The Kier molecular flexibility index (Phi) is 3.22. The fraction of sp³-hybridized carbons (Fsp3) is 0.714. The highest BCUT2D eigenvalue weighted by Gasteiger charge is 2.51. The van der Waals surface area contributed by atoms with Gasteiger partial charge in [0.25, 0.3) is 0 Å². The van der Waals surface area contributed by atoms with Crippen molar-refractivity contribution >= 4 is 11.8 Å². The lowest BCUT2D eigenvalue weighted by Gasteiger charge is -2.44. The molecule has 1 saturated heterocycles. The second-order valence-corrected chi connectivity index (χ2v) is 6.27. The summed E-state index contributed by atoms with van der Waals surface area (Å²) in [6, 6.07) is -0.362. The van der Waals surface area contributed by atoms with Gasteiger partial charge in [-0.05, 0) is 32.1 Å². The van der Waals surface area contributed by atoms with Gasteiger partial charge in [0, 0.05) is 13.2 Å². The molecular formula is C14H21N5O2. The molecule has 0 radical (unpaired) electrons. The zero-order valence-corrected chi connectivity index (χ0v) is 12.7. The van der Waals surface area contributed by atoms with Crippen molar-refractivity contribution in [2.75, 3.05) is 0 Å². The molecule has 2 atom stereocenters. The maximum atomic E-state index is 12.8. The SMILES string of the molecule is CCC1(C)NC(=O)C(C2CC2)N(Cc2cn(C)nn2)C1=O. The molecule has 7 nitrogen and oxygen atoms in total. The van der Waals surface area contributed by atoms with Gasteiger partial charge in [0.1, 0.15) is 17.3 Å². The van der Waals surface area contributed by atoms with Crippen molar-refractivity contribution in [2.24, 2.45) is 13.0 Å². The Balaban J connectivity index is 1.90. The molecule has 1 aliphatic heterocycles. The van der Waals surface area contributed by atoms with Crippen LogP contribution in [0.2, 0.25) is 0 Å². The highest BCUT2D eigenvalue weighted by Crippen LogP contribution is 2.39. The molecule has 2 aliphatic rings. The molecule has 1 aromatic heterocycles. The Bertz CT molecular complexity index is 580. The number of rotatable bonds is 4. The van der Waals surface area contributed by atoms with Crippen LogP contribution in [0.1, 0.15) is 38.8 Å². The van der Waals surface area contributed by atoms with Crippen LogP contribution >= 0.6 is 0 Å². The zero-order chi connectivity index (χ0) is 15.2. The molecule has 21 heavy (non-hydrogen) atoms. The molecule has 1 aliphatic carbocycles. The van der Waals surface area contributed by atoms with Gasteiger partial charge in [-0.15, -0.1) is 5.10 Å². The highest BCUT2D eigenvalue weighted by atomic mass is 16.2. The third-order valence-electron chi connectivity index (χ3n) is 4.49. The second-order valence-electron chi connectivity index (χ2n) is 6.27. The lowest BCUT2D eigenvalue weighted by atomic mass is 9.90. The van der Waals surface area contributed by atoms with Gasteiger partial charge in [-0.3, -0.25) is 14.3 Å². The van der Waals surface area contributed by atoms with Crippen LogP contribution < -0.4 is 5.32 Å². The minimum atomic E-state index is -0.815. The summed E-state index contributed by atoms with van der Waals surface area (Å²) in [6.07, 6.45) is 4.37. The maximum absolute atomic E-state index is 12.8. The summed E-state index contributed by atoms with van der Waals surface area (Å²) >= 11 is 0.